The summed E-state index contributed by atoms with van der Waals surface area (Å²) in [6.45, 7) is 0. The Balaban J connectivity index is 1.80. The molecule has 0 spiro atoms. The highest BCUT2D eigenvalue weighted by Gasteiger charge is 2.56. The molecule has 24 heavy (non-hydrogen) atoms. The summed E-state index contributed by atoms with van der Waals surface area (Å²) in [6.07, 6.45) is 1.60. The first-order chi connectivity index (χ1) is 11.5. The number of benzene rings is 1. The van der Waals surface area contributed by atoms with Crippen LogP contribution in [0.15, 0.2) is 36.5 Å². The molecule has 0 aliphatic heterocycles. The summed E-state index contributed by atoms with van der Waals surface area (Å²) < 4.78 is 41.2. The van der Waals surface area contributed by atoms with Gasteiger partial charge < -0.3 is 0 Å². The van der Waals surface area contributed by atoms with Gasteiger partial charge in [-0.25, -0.2) is 13.2 Å². The Morgan fingerprint density at radius 1 is 1.29 bits per heavy atom. The molecule has 3 aromatic rings. The molecule has 2 heterocycles. The molecule has 1 unspecified atom stereocenters. The molecule has 0 amide bonds. The molecule has 7 heteroatoms. The third-order valence-corrected chi connectivity index (χ3v) is 4.28. The lowest BCUT2D eigenvalue weighted by Crippen LogP contribution is -2.02. The number of nitrogens with zero attached hydrogens (tertiary/aromatic N) is 4. The molecule has 1 aromatic carbocycles. The van der Waals surface area contributed by atoms with Crippen molar-refractivity contribution >= 4 is 5.65 Å². The van der Waals surface area contributed by atoms with Crippen LogP contribution in [-0.4, -0.2) is 20.5 Å². The number of hydrogen-bond acceptors (Lipinski definition) is 3. The molecule has 1 saturated carbocycles. The predicted octanol–water partition coefficient (Wildman–Crippen LogP) is 3.60. The number of nitriles is 1. The molecule has 4 nitrogen and oxygen atoms in total. The van der Waals surface area contributed by atoms with Crippen LogP contribution in [0.5, 0.6) is 0 Å². The van der Waals surface area contributed by atoms with Crippen LogP contribution in [0.3, 0.4) is 0 Å². The van der Waals surface area contributed by atoms with Gasteiger partial charge in [0.15, 0.2) is 5.65 Å². The van der Waals surface area contributed by atoms with E-state index < -0.39 is 17.7 Å². The van der Waals surface area contributed by atoms with Gasteiger partial charge in [0.1, 0.15) is 23.3 Å². The minimum Gasteiger partial charge on any atom is -0.285 e. The standard InChI is InChI=1S/C17H11F3N4/c18-12-3-1-2-10(6-12)13-4-5-24-15(7-11-8-17(11,19)20)22-23-16(24)14(13)9-21/h1-6,11H,7-8H2. The number of hydrogen-bond donors (Lipinski definition) is 0. The largest absolute Gasteiger partial charge is 0.285 e. The summed E-state index contributed by atoms with van der Waals surface area (Å²) in [4.78, 5) is 0. The van der Waals surface area contributed by atoms with Crippen LogP contribution in [0, 0.1) is 23.1 Å². The molecule has 120 valence electrons. The van der Waals surface area contributed by atoms with Gasteiger partial charge in [-0.15, -0.1) is 10.2 Å². The average molecular weight is 328 g/mol. The normalized spacial score (nSPS) is 18.5. The monoisotopic (exact) mass is 328 g/mol. The van der Waals surface area contributed by atoms with Crippen LogP contribution in [0.25, 0.3) is 16.8 Å². The highest BCUT2D eigenvalue weighted by Crippen LogP contribution is 2.50. The Kier molecular flexibility index (Phi) is 3.10. The zero-order chi connectivity index (χ0) is 16.9. The molecule has 1 aliphatic rings. The number of fused-ring (bicyclic) bond motifs is 1. The first kappa shape index (κ1) is 14.7. The lowest BCUT2D eigenvalue weighted by Gasteiger charge is -2.07. The van der Waals surface area contributed by atoms with E-state index in [4.69, 9.17) is 0 Å². The lowest BCUT2D eigenvalue weighted by molar-refractivity contribution is 0.0984. The summed E-state index contributed by atoms with van der Waals surface area (Å²) in [5.41, 5.74) is 1.61. The van der Waals surface area contributed by atoms with Gasteiger partial charge >= 0.3 is 0 Å². The molecule has 1 atom stereocenters. The summed E-state index contributed by atoms with van der Waals surface area (Å²) in [7, 11) is 0. The Morgan fingerprint density at radius 3 is 2.75 bits per heavy atom. The SMILES string of the molecule is N#Cc1c(-c2cccc(F)c2)ccn2c(CC3CC3(F)F)nnc12. The second kappa shape index (κ2) is 5.06. The average Bonchev–Trinajstić information content (AvgIpc) is 2.97. The van der Waals surface area contributed by atoms with Crippen LogP contribution < -0.4 is 0 Å². The summed E-state index contributed by atoms with van der Waals surface area (Å²) in [5, 5.41) is 17.4. The van der Waals surface area contributed by atoms with Crippen molar-refractivity contribution in [3.63, 3.8) is 0 Å². The fourth-order valence-electron chi connectivity index (χ4n) is 2.86. The molecule has 0 radical (unpaired) electrons. The lowest BCUT2D eigenvalue weighted by atomic mass is 10.0. The quantitative estimate of drug-likeness (QED) is 0.738. The van der Waals surface area contributed by atoms with E-state index in [1.807, 2.05) is 0 Å². The van der Waals surface area contributed by atoms with E-state index in [-0.39, 0.29) is 18.4 Å². The van der Waals surface area contributed by atoms with Crippen molar-refractivity contribution in [2.45, 2.75) is 18.8 Å². The molecule has 2 aromatic heterocycles. The first-order valence-electron chi connectivity index (χ1n) is 7.40. The minimum atomic E-state index is -2.63. The van der Waals surface area contributed by atoms with E-state index in [2.05, 4.69) is 16.3 Å². The smallest absolute Gasteiger partial charge is 0.252 e. The molecule has 0 saturated heterocycles. The highest BCUT2D eigenvalue weighted by molar-refractivity contribution is 5.77. The zero-order valence-corrected chi connectivity index (χ0v) is 12.4. The predicted molar refractivity (Wildman–Crippen MR) is 79.9 cm³/mol. The number of pyridine rings is 1. The fourth-order valence-corrected chi connectivity index (χ4v) is 2.86. The van der Waals surface area contributed by atoms with E-state index in [0.29, 0.717) is 22.6 Å². The Bertz CT molecular complexity index is 987. The second-order valence-electron chi connectivity index (χ2n) is 5.90. The topological polar surface area (TPSA) is 54.0 Å². The third kappa shape index (κ3) is 2.31. The van der Waals surface area contributed by atoms with E-state index in [9.17, 15) is 18.4 Å². The van der Waals surface area contributed by atoms with Crippen molar-refractivity contribution in [2.24, 2.45) is 5.92 Å². The maximum atomic E-state index is 13.4. The molecule has 4 rings (SSSR count). The fraction of sp³-hybridized carbons (Fsp3) is 0.235. The summed E-state index contributed by atoms with van der Waals surface area (Å²) in [6, 6.07) is 9.61. The molecular weight excluding hydrogens is 317 g/mol. The van der Waals surface area contributed by atoms with Gasteiger partial charge in [0.25, 0.3) is 5.92 Å². The van der Waals surface area contributed by atoms with Gasteiger partial charge in [-0.1, -0.05) is 12.1 Å². The van der Waals surface area contributed by atoms with Crippen LogP contribution in [0.4, 0.5) is 13.2 Å². The van der Waals surface area contributed by atoms with Crippen LogP contribution >= 0.6 is 0 Å². The molecular formula is C17H11F3N4. The molecule has 0 N–H and O–H groups in total. The van der Waals surface area contributed by atoms with E-state index in [0.717, 1.165) is 0 Å². The van der Waals surface area contributed by atoms with E-state index in [1.54, 1.807) is 28.8 Å². The van der Waals surface area contributed by atoms with Crippen molar-refractivity contribution in [2.75, 3.05) is 0 Å². The molecule has 1 aliphatic carbocycles. The van der Waals surface area contributed by atoms with Gasteiger partial charge in [-0.05, 0) is 23.8 Å². The summed E-state index contributed by atoms with van der Waals surface area (Å²) >= 11 is 0. The van der Waals surface area contributed by atoms with Crippen molar-refractivity contribution in [1.29, 1.82) is 5.26 Å². The van der Waals surface area contributed by atoms with Crippen molar-refractivity contribution in [3.8, 4) is 17.2 Å². The maximum Gasteiger partial charge on any atom is 0.252 e. The maximum absolute atomic E-state index is 13.4. The number of aromatic nitrogens is 3. The van der Waals surface area contributed by atoms with Crippen LogP contribution in [0.2, 0.25) is 0 Å². The van der Waals surface area contributed by atoms with Gasteiger partial charge in [0.05, 0.1) is 0 Å². The number of alkyl halides is 2. The Labute approximate surface area is 135 Å². The number of rotatable bonds is 3. The van der Waals surface area contributed by atoms with Crippen LogP contribution in [-0.2, 0) is 6.42 Å². The molecule has 0 bridgehead atoms. The van der Waals surface area contributed by atoms with Crippen LogP contribution in [0.1, 0.15) is 17.8 Å². The highest BCUT2D eigenvalue weighted by atomic mass is 19.3. The zero-order valence-electron chi connectivity index (χ0n) is 12.4. The Morgan fingerprint density at radius 2 is 2.08 bits per heavy atom. The van der Waals surface area contributed by atoms with Gasteiger partial charge in [0.2, 0.25) is 0 Å². The van der Waals surface area contributed by atoms with Crippen molar-refractivity contribution in [1.82, 2.24) is 14.6 Å². The van der Waals surface area contributed by atoms with E-state index >= 15 is 0 Å². The Hall–Kier alpha value is -2.88. The van der Waals surface area contributed by atoms with Crippen molar-refractivity contribution in [3.05, 3.63) is 53.7 Å². The van der Waals surface area contributed by atoms with E-state index in [1.165, 1.54) is 12.1 Å². The number of halogens is 3. The third-order valence-electron chi connectivity index (χ3n) is 4.28. The van der Waals surface area contributed by atoms with Gasteiger partial charge in [0, 0.05) is 30.5 Å². The molecule has 1 fully saturated rings. The van der Waals surface area contributed by atoms with Gasteiger partial charge in [-0.3, -0.25) is 4.40 Å². The van der Waals surface area contributed by atoms with Crippen molar-refractivity contribution < 1.29 is 13.2 Å². The van der Waals surface area contributed by atoms with Gasteiger partial charge in [-0.2, -0.15) is 5.26 Å². The minimum absolute atomic E-state index is 0.109. The summed E-state index contributed by atoms with van der Waals surface area (Å²) in [5.74, 6) is -3.37. The second-order valence-corrected chi connectivity index (χ2v) is 5.90. The first-order valence-corrected chi connectivity index (χ1v) is 7.40.